The Morgan fingerprint density at radius 3 is 1.76 bits per heavy atom. The van der Waals surface area contributed by atoms with Gasteiger partial charge in [-0.2, -0.15) is 26.3 Å². The molecule has 0 bridgehead atoms. The van der Waals surface area contributed by atoms with Crippen LogP contribution in [0.25, 0.3) is 0 Å². The fraction of sp³-hybridized carbons (Fsp3) is 0.500. The van der Waals surface area contributed by atoms with Crippen molar-refractivity contribution in [1.29, 1.82) is 0 Å². The first-order chi connectivity index (χ1) is 11.3. The highest BCUT2D eigenvalue weighted by atomic mass is 19.4. The number of hydrogen-bond donors (Lipinski definition) is 0. The summed E-state index contributed by atoms with van der Waals surface area (Å²) in [6, 6.07) is 0.929. The van der Waals surface area contributed by atoms with Crippen molar-refractivity contribution >= 4 is 11.6 Å². The summed E-state index contributed by atoms with van der Waals surface area (Å²) in [5.41, 5.74) is -3.93. The molecule has 1 saturated carbocycles. The van der Waals surface area contributed by atoms with Gasteiger partial charge in [0.2, 0.25) is 0 Å². The maximum Gasteiger partial charge on any atom is 0.416 e. The number of carbonyl (C=O) groups excluding carboxylic acids is 2. The van der Waals surface area contributed by atoms with Gasteiger partial charge in [-0.3, -0.25) is 9.59 Å². The molecule has 3 nitrogen and oxygen atoms in total. The molecule has 0 N–H and O–H groups in total. The van der Waals surface area contributed by atoms with Gasteiger partial charge in [-0.15, -0.1) is 0 Å². The molecule has 0 atom stereocenters. The Morgan fingerprint density at radius 2 is 1.36 bits per heavy atom. The van der Waals surface area contributed by atoms with Gasteiger partial charge in [0.25, 0.3) is 0 Å². The van der Waals surface area contributed by atoms with Crippen LogP contribution < -0.4 is 4.74 Å². The van der Waals surface area contributed by atoms with Gasteiger partial charge in [0.05, 0.1) is 24.2 Å². The van der Waals surface area contributed by atoms with Crippen LogP contribution in [-0.2, 0) is 21.9 Å². The lowest BCUT2D eigenvalue weighted by Crippen LogP contribution is -2.36. The molecule has 25 heavy (non-hydrogen) atoms. The Kier molecular flexibility index (Phi) is 4.89. The number of ether oxygens (including phenoxy) is 1. The van der Waals surface area contributed by atoms with Crippen molar-refractivity contribution in [2.24, 2.45) is 5.41 Å². The largest absolute Gasteiger partial charge is 0.493 e. The molecule has 1 aromatic carbocycles. The highest BCUT2D eigenvalue weighted by Gasteiger charge is 2.39. The zero-order chi connectivity index (χ0) is 19.0. The summed E-state index contributed by atoms with van der Waals surface area (Å²) in [5.74, 6) is -1.28. The van der Waals surface area contributed by atoms with Gasteiger partial charge in [-0.05, 0) is 18.2 Å². The first-order valence-corrected chi connectivity index (χ1v) is 7.24. The fourth-order valence-electron chi connectivity index (χ4n) is 2.73. The molecule has 1 aromatic rings. The molecule has 0 unspecified atom stereocenters. The minimum atomic E-state index is -4.97. The number of ketones is 2. The van der Waals surface area contributed by atoms with Crippen LogP contribution in [0.3, 0.4) is 0 Å². The van der Waals surface area contributed by atoms with Crippen molar-refractivity contribution in [3.63, 3.8) is 0 Å². The van der Waals surface area contributed by atoms with Gasteiger partial charge in [-0.25, -0.2) is 0 Å². The van der Waals surface area contributed by atoms with Gasteiger partial charge >= 0.3 is 12.4 Å². The Hall–Kier alpha value is -2.06. The zero-order valence-electron chi connectivity index (χ0n) is 13.1. The lowest BCUT2D eigenvalue weighted by Gasteiger charge is -2.31. The normalized spacial score (nSPS) is 18.4. The monoisotopic (exact) mass is 368 g/mol. The number of rotatable bonds is 3. The molecule has 1 fully saturated rings. The van der Waals surface area contributed by atoms with E-state index in [0.717, 1.165) is 0 Å². The van der Waals surface area contributed by atoms with Crippen LogP contribution in [-0.4, -0.2) is 18.2 Å². The second-order valence-electron chi connectivity index (χ2n) is 6.45. The fourth-order valence-corrected chi connectivity index (χ4v) is 2.73. The Labute approximate surface area is 139 Å². The molecule has 1 aliphatic rings. The quantitative estimate of drug-likeness (QED) is 0.586. The molecule has 1 aliphatic carbocycles. The topological polar surface area (TPSA) is 43.4 Å². The average Bonchev–Trinajstić information content (AvgIpc) is 2.41. The van der Waals surface area contributed by atoms with E-state index in [9.17, 15) is 35.9 Å². The number of hydrogen-bond acceptors (Lipinski definition) is 3. The highest BCUT2D eigenvalue weighted by Crippen LogP contribution is 2.39. The van der Waals surface area contributed by atoms with Gasteiger partial charge in [0.15, 0.2) is 0 Å². The van der Waals surface area contributed by atoms with Gasteiger partial charge < -0.3 is 4.74 Å². The van der Waals surface area contributed by atoms with Crippen molar-refractivity contribution < 1.29 is 40.7 Å². The first-order valence-electron chi connectivity index (χ1n) is 7.24. The number of carbonyl (C=O) groups is 2. The van der Waals surface area contributed by atoms with E-state index in [-0.39, 0.29) is 43.5 Å². The summed E-state index contributed by atoms with van der Waals surface area (Å²) in [6.45, 7) is 1.18. The molecule has 0 saturated heterocycles. The van der Waals surface area contributed by atoms with Crippen LogP contribution in [0, 0.1) is 5.41 Å². The van der Waals surface area contributed by atoms with E-state index in [0.29, 0.717) is 12.1 Å². The molecule has 0 amide bonds. The van der Waals surface area contributed by atoms with Crippen LogP contribution in [0.1, 0.15) is 37.3 Å². The molecule has 2 rings (SSSR count). The molecule has 9 heteroatoms. The minimum Gasteiger partial charge on any atom is -0.493 e. The van der Waals surface area contributed by atoms with E-state index in [1.54, 1.807) is 0 Å². The van der Waals surface area contributed by atoms with E-state index >= 15 is 0 Å². The lowest BCUT2D eigenvalue weighted by molar-refractivity contribution is -0.143. The smallest absolute Gasteiger partial charge is 0.416 e. The predicted octanol–water partition coefficient (Wildman–Crippen LogP) is 4.43. The molecule has 138 valence electrons. The predicted molar refractivity (Wildman–Crippen MR) is 73.9 cm³/mol. The van der Waals surface area contributed by atoms with E-state index in [2.05, 4.69) is 0 Å². The summed E-state index contributed by atoms with van der Waals surface area (Å²) in [4.78, 5) is 23.0. The summed E-state index contributed by atoms with van der Waals surface area (Å²) < 4.78 is 81.9. The summed E-state index contributed by atoms with van der Waals surface area (Å²) in [6.07, 6.45) is -10.2. The lowest BCUT2D eigenvalue weighted by atomic mass is 9.75. The molecule has 0 heterocycles. The van der Waals surface area contributed by atoms with E-state index < -0.39 is 34.6 Å². The highest BCUT2D eigenvalue weighted by molar-refractivity contribution is 6.02. The van der Waals surface area contributed by atoms with E-state index in [1.807, 2.05) is 0 Å². The maximum absolute atomic E-state index is 12.8. The van der Waals surface area contributed by atoms with Crippen molar-refractivity contribution in [3.8, 4) is 5.75 Å². The second-order valence-corrected chi connectivity index (χ2v) is 6.45. The second kappa shape index (κ2) is 6.34. The molecule has 0 radical (unpaired) electrons. The van der Waals surface area contributed by atoms with Gasteiger partial charge in [-0.1, -0.05) is 6.92 Å². The van der Waals surface area contributed by atoms with Crippen LogP contribution in [0.4, 0.5) is 26.3 Å². The molecule has 0 spiro atoms. The summed E-state index contributed by atoms with van der Waals surface area (Å²) in [7, 11) is 0. The number of Topliss-reactive ketones (excluding diaryl/α,β-unsaturated/α-hetero) is 2. The van der Waals surface area contributed by atoms with Crippen molar-refractivity contribution in [1.82, 2.24) is 0 Å². The van der Waals surface area contributed by atoms with Crippen LogP contribution in [0.5, 0.6) is 5.75 Å². The SMILES string of the molecule is CC1(COc2cc(C(F)(F)F)cc(C(F)(F)F)c2)CC(=O)CC(=O)C1. The maximum atomic E-state index is 12.8. The third-order valence-electron chi connectivity index (χ3n) is 3.79. The number of benzene rings is 1. The minimum absolute atomic E-state index is 0.00222. The first kappa shape index (κ1) is 19.3. The Morgan fingerprint density at radius 1 is 0.920 bits per heavy atom. The van der Waals surface area contributed by atoms with Crippen molar-refractivity contribution in [3.05, 3.63) is 29.3 Å². The Bertz CT molecular complexity index is 642. The van der Waals surface area contributed by atoms with Gasteiger partial charge in [0.1, 0.15) is 17.3 Å². The van der Waals surface area contributed by atoms with Crippen LogP contribution in [0.15, 0.2) is 18.2 Å². The summed E-state index contributed by atoms with van der Waals surface area (Å²) >= 11 is 0. The van der Waals surface area contributed by atoms with E-state index in [1.165, 1.54) is 6.92 Å². The van der Waals surface area contributed by atoms with Crippen LogP contribution in [0.2, 0.25) is 0 Å². The third kappa shape index (κ3) is 4.96. The molecular formula is C16H14F6O3. The Balaban J connectivity index is 2.27. The number of halogens is 6. The van der Waals surface area contributed by atoms with Crippen LogP contribution >= 0.6 is 0 Å². The standard InChI is InChI=1S/C16H14F6O3/c1-14(6-11(23)5-12(24)7-14)8-25-13-3-9(15(17,18)19)2-10(4-13)16(20,21)22/h2-4H,5-8H2,1H3. The van der Waals surface area contributed by atoms with Gasteiger partial charge in [0, 0.05) is 18.3 Å². The zero-order valence-corrected chi connectivity index (χ0v) is 13.1. The number of alkyl halides is 6. The average molecular weight is 368 g/mol. The van der Waals surface area contributed by atoms with Crippen molar-refractivity contribution in [2.45, 2.75) is 38.5 Å². The van der Waals surface area contributed by atoms with Crippen molar-refractivity contribution in [2.75, 3.05) is 6.61 Å². The molecule has 0 aromatic heterocycles. The molecular weight excluding hydrogens is 354 g/mol. The molecule has 0 aliphatic heterocycles. The van der Waals surface area contributed by atoms with E-state index in [4.69, 9.17) is 4.74 Å². The summed E-state index contributed by atoms with van der Waals surface area (Å²) in [5, 5.41) is 0. The third-order valence-corrected chi connectivity index (χ3v) is 3.79.